The maximum atomic E-state index is 13.1. The molecular formula is C48H87N3O4. The summed E-state index contributed by atoms with van der Waals surface area (Å²) >= 11 is 0. The van der Waals surface area contributed by atoms with E-state index in [0.717, 1.165) is 70.8 Å². The smallest absolute Gasteiger partial charge is 0.324 e. The maximum Gasteiger partial charge on any atom is 0.324 e. The van der Waals surface area contributed by atoms with E-state index in [-0.39, 0.29) is 12.6 Å². The second-order valence-corrected chi connectivity index (χ2v) is 15.6. The highest BCUT2D eigenvalue weighted by atomic mass is 16.5. The summed E-state index contributed by atoms with van der Waals surface area (Å²) in [6.45, 7) is 7.76. The third-order valence-electron chi connectivity index (χ3n) is 9.91. The topological polar surface area (TPSA) is 79.0 Å². The zero-order chi connectivity index (χ0) is 40.5. The van der Waals surface area contributed by atoms with E-state index >= 15 is 0 Å². The van der Waals surface area contributed by atoms with Crippen molar-refractivity contribution in [3.63, 3.8) is 0 Å². The van der Waals surface area contributed by atoms with Gasteiger partial charge in [-0.2, -0.15) is 0 Å². The number of esters is 1. The van der Waals surface area contributed by atoms with Crippen LogP contribution in [-0.4, -0.2) is 67.5 Å². The fraction of sp³-hybridized carbons (Fsp3) is 0.771. The van der Waals surface area contributed by atoms with Gasteiger partial charge >= 0.3 is 12.0 Å². The first-order chi connectivity index (χ1) is 26.8. The van der Waals surface area contributed by atoms with Gasteiger partial charge in [0.25, 0.3) is 0 Å². The van der Waals surface area contributed by atoms with E-state index < -0.39 is 24.3 Å². The quantitative estimate of drug-likeness (QED) is 0.0293. The van der Waals surface area contributed by atoms with Crippen LogP contribution in [-0.2, 0) is 14.3 Å². The first-order valence-corrected chi connectivity index (χ1v) is 22.9. The Balaban J connectivity index is 4.66. The number of unbranched alkanes of at least 4 members (excludes halogenated alkanes) is 18. The highest BCUT2D eigenvalue weighted by Crippen LogP contribution is 2.18. The molecule has 1 N–H and O–H groups in total. The molecule has 0 aliphatic rings. The number of allylic oxidation sites excluding steroid dienone is 8. The standard InChI is InChI=1S/C48H87N3O4/c1-6-9-11-13-15-17-19-21-23-25-27-29-31-33-35-37-40-45(41-38-36-34-32-30-28-26-24-22-20-18-16-14-12-10-7-2)55-47(53)44-46(52)51(48(54)49-8-3)43-39-42-50(4)5/h15-18,21-24,45H,6-14,19-20,25-44H2,1-5H3,(H,49,54)/b17-15-,18-16-,23-21-,24-22-. The molecule has 0 unspecified atom stereocenters. The molecule has 3 amide bonds. The van der Waals surface area contributed by atoms with Crippen molar-refractivity contribution in [2.24, 2.45) is 0 Å². The molecule has 0 heterocycles. The Morgan fingerprint density at radius 2 is 0.945 bits per heavy atom. The van der Waals surface area contributed by atoms with Gasteiger partial charge in [0.15, 0.2) is 0 Å². The van der Waals surface area contributed by atoms with Crippen molar-refractivity contribution in [2.75, 3.05) is 33.7 Å². The lowest BCUT2D eigenvalue weighted by molar-refractivity contribution is -0.153. The molecule has 0 aromatic carbocycles. The highest BCUT2D eigenvalue weighted by molar-refractivity contribution is 6.02. The van der Waals surface area contributed by atoms with Gasteiger partial charge in [-0.05, 0) is 124 Å². The zero-order valence-electron chi connectivity index (χ0n) is 36.6. The van der Waals surface area contributed by atoms with E-state index in [0.29, 0.717) is 13.0 Å². The molecule has 0 bridgehead atoms. The number of imide groups is 1. The summed E-state index contributed by atoms with van der Waals surface area (Å²) in [7, 11) is 3.92. The van der Waals surface area contributed by atoms with Crippen LogP contribution in [0.1, 0.15) is 201 Å². The second kappa shape index (κ2) is 41.0. The Hall–Kier alpha value is -2.67. The minimum absolute atomic E-state index is 0.177. The van der Waals surface area contributed by atoms with Crippen molar-refractivity contribution in [3.05, 3.63) is 48.6 Å². The Morgan fingerprint density at radius 1 is 0.527 bits per heavy atom. The number of carbonyl (C=O) groups is 3. The fourth-order valence-electron chi connectivity index (χ4n) is 6.56. The van der Waals surface area contributed by atoms with Crippen LogP contribution in [0, 0.1) is 0 Å². The van der Waals surface area contributed by atoms with Gasteiger partial charge in [0.1, 0.15) is 12.5 Å². The van der Waals surface area contributed by atoms with Crippen LogP contribution in [0.2, 0.25) is 0 Å². The van der Waals surface area contributed by atoms with Crippen molar-refractivity contribution in [2.45, 2.75) is 207 Å². The van der Waals surface area contributed by atoms with Crippen molar-refractivity contribution in [3.8, 4) is 0 Å². The highest BCUT2D eigenvalue weighted by Gasteiger charge is 2.25. The second-order valence-electron chi connectivity index (χ2n) is 15.6. The monoisotopic (exact) mass is 770 g/mol. The van der Waals surface area contributed by atoms with Crippen LogP contribution in [0.4, 0.5) is 4.79 Å². The van der Waals surface area contributed by atoms with Gasteiger partial charge in [-0.3, -0.25) is 14.5 Å². The van der Waals surface area contributed by atoms with E-state index in [1.165, 1.54) is 108 Å². The number of hydrogen-bond donors (Lipinski definition) is 1. The predicted octanol–water partition coefficient (Wildman–Crippen LogP) is 13.2. The third kappa shape index (κ3) is 36.7. The van der Waals surface area contributed by atoms with E-state index in [1.54, 1.807) is 0 Å². The lowest BCUT2D eigenvalue weighted by Gasteiger charge is -2.23. The van der Waals surface area contributed by atoms with Gasteiger partial charge in [-0.15, -0.1) is 0 Å². The molecule has 318 valence electrons. The minimum Gasteiger partial charge on any atom is -0.462 e. The van der Waals surface area contributed by atoms with Gasteiger partial charge in [0.05, 0.1) is 0 Å². The molecule has 7 nitrogen and oxygen atoms in total. The molecule has 0 aliphatic heterocycles. The molecule has 0 rings (SSSR count). The van der Waals surface area contributed by atoms with E-state index in [1.807, 2.05) is 25.9 Å². The minimum atomic E-state index is -0.517. The SMILES string of the molecule is CCCCC/C=C\C/C=C\CCCCCCCCC(CCCCCCCC/C=C\C/C=C\CCCCC)OC(=O)CC(=O)N(CCCN(C)C)C(=O)NCC. The Bertz CT molecular complexity index is 971. The van der Waals surface area contributed by atoms with E-state index in [2.05, 4.69) is 67.8 Å². The van der Waals surface area contributed by atoms with Crippen LogP contribution >= 0.6 is 0 Å². The van der Waals surface area contributed by atoms with Crippen molar-refractivity contribution in [1.82, 2.24) is 15.1 Å². The summed E-state index contributed by atoms with van der Waals surface area (Å²) in [4.78, 5) is 42.0. The summed E-state index contributed by atoms with van der Waals surface area (Å²) in [6, 6.07) is -0.446. The molecule has 55 heavy (non-hydrogen) atoms. The van der Waals surface area contributed by atoms with Gasteiger partial charge in [-0.25, -0.2) is 4.79 Å². The number of ether oxygens (including phenoxy) is 1. The molecule has 0 saturated heterocycles. The molecule has 0 atom stereocenters. The Labute approximate surface area is 340 Å². The van der Waals surface area contributed by atoms with Gasteiger partial charge in [0.2, 0.25) is 5.91 Å². The Morgan fingerprint density at radius 3 is 1.36 bits per heavy atom. The molecule has 0 aromatic heterocycles. The number of rotatable bonds is 38. The number of amides is 3. The lowest BCUT2D eigenvalue weighted by Crippen LogP contribution is -2.45. The number of carbonyl (C=O) groups excluding carboxylic acids is 3. The lowest BCUT2D eigenvalue weighted by atomic mass is 10.0. The molecule has 0 saturated carbocycles. The Kier molecular flexibility index (Phi) is 39.0. The zero-order valence-corrected chi connectivity index (χ0v) is 36.6. The number of urea groups is 1. The normalized spacial score (nSPS) is 12.1. The molecule has 0 fully saturated rings. The summed E-state index contributed by atoms with van der Waals surface area (Å²) in [5.74, 6) is -1.01. The first-order valence-electron chi connectivity index (χ1n) is 22.9. The molecule has 0 aromatic rings. The summed E-state index contributed by atoms with van der Waals surface area (Å²) in [5.41, 5.74) is 0. The molecule has 0 spiro atoms. The number of nitrogens with one attached hydrogen (secondary N) is 1. The maximum absolute atomic E-state index is 13.1. The van der Waals surface area contributed by atoms with Crippen LogP contribution in [0.3, 0.4) is 0 Å². The van der Waals surface area contributed by atoms with Gasteiger partial charge < -0.3 is 15.0 Å². The summed E-state index contributed by atoms with van der Waals surface area (Å²) in [5, 5.41) is 2.71. The van der Waals surface area contributed by atoms with Gasteiger partial charge in [-0.1, -0.05) is 140 Å². The van der Waals surface area contributed by atoms with E-state index in [4.69, 9.17) is 4.74 Å². The fourth-order valence-corrected chi connectivity index (χ4v) is 6.56. The van der Waals surface area contributed by atoms with E-state index in [9.17, 15) is 14.4 Å². The predicted molar refractivity (Wildman–Crippen MR) is 236 cm³/mol. The van der Waals surface area contributed by atoms with Crippen LogP contribution < -0.4 is 5.32 Å². The molecular weight excluding hydrogens is 683 g/mol. The third-order valence-corrected chi connectivity index (χ3v) is 9.91. The van der Waals surface area contributed by atoms with Gasteiger partial charge in [0, 0.05) is 13.1 Å². The van der Waals surface area contributed by atoms with Crippen molar-refractivity contribution >= 4 is 17.9 Å². The molecule has 0 radical (unpaired) electrons. The van der Waals surface area contributed by atoms with Crippen LogP contribution in [0.25, 0.3) is 0 Å². The largest absolute Gasteiger partial charge is 0.462 e. The average molecular weight is 770 g/mol. The van der Waals surface area contributed by atoms with Crippen molar-refractivity contribution in [1.29, 1.82) is 0 Å². The van der Waals surface area contributed by atoms with Crippen molar-refractivity contribution < 1.29 is 19.1 Å². The van der Waals surface area contributed by atoms with Crippen LogP contribution in [0.15, 0.2) is 48.6 Å². The molecule has 0 aliphatic carbocycles. The summed E-state index contributed by atoms with van der Waals surface area (Å²) < 4.78 is 5.95. The first kappa shape index (κ1) is 52.3. The van der Waals surface area contributed by atoms with Crippen LogP contribution in [0.5, 0.6) is 0 Å². The number of hydrogen-bond acceptors (Lipinski definition) is 5. The summed E-state index contributed by atoms with van der Waals surface area (Å²) in [6.07, 6.45) is 49.0. The molecule has 7 heteroatoms. The number of nitrogens with zero attached hydrogens (tertiary/aromatic N) is 2. The average Bonchev–Trinajstić information content (AvgIpc) is 3.15.